The van der Waals surface area contributed by atoms with Gasteiger partial charge in [-0.3, -0.25) is 0 Å². The molecule has 0 saturated heterocycles. The van der Waals surface area contributed by atoms with Crippen LogP contribution >= 0.6 is 0 Å². The van der Waals surface area contributed by atoms with E-state index in [9.17, 15) is 5.11 Å². The Labute approximate surface area is 62.4 Å². The molecule has 0 amide bonds. The summed E-state index contributed by atoms with van der Waals surface area (Å²) in [6.07, 6.45) is 5.00. The minimum absolute atomic E-state index is 0.780. The first-order chi connectivity index (χ1) is 4.52. The summed E-state index contributed by atoms with van der Waals surface area (Å²) in [5.41, 5.74) is -0.0295. The Morgan fingerprint density at radius 3 is 2.00 bits per heavy atom. The van der Waals surface area contributed by atoms with Crippen LogP contribution in [-0.2, 0) is 0 Å². The van der Waals surface area contributed by atoms with Crippen molar-refractivity contribution in [1.29, 1.82) is 0 Å². The van der Waals surface area contributed by atoms with E-state index in [4.69, 9.17) is 0 Å². The van der Waals surface area contributed by atoms with Gasteiger partial charge in [0.25, 0.3) is 0 Å². The average Bonchev–Trinajstić information content (AvgIpc) is 1.80. The zero-order chi connectivity index (χ0) is 8.20. The van der Waals surface area contributed by atoms with Crippen molar-refractivity contribution in [2.45, 2.75) is 19.4 Å². The molecule has 0 radical (unpaired) electrons. The van der Waals surface area contributed by atoms with Gasteiger partial charge in [0.1, 0.15) is 0 Å². The summed E-state index contributed by atoms with van der Waals surface area (Å²) in [6, 6.07) is 0. The lowest BCUT2D eigenvalue weighted by molar-refractivity contribution is 0.124. The first-order valence-electron chi connectivity index (χ1n) is 3.20. The van der Waals surface area contributed by atoms with Gasteiger partial charge in [-0.1, -0.05) is 31.4 Å². The van der Waals surface area contributed by atoms with Crippen LogP contribution < -0.4 is 0 Å². The van der Waals surface area contributed by atoms with Crippen molar-refractivity contribution in [2.75, 3.05) is 0 Å². The highest BCUT2D eigenvalue weighted by Gasteiger charge is 2.14. The van der Waals surface area contributed by atoms with Crippen LogP contribution in [0.15, 0.2) is 37.0 Å². The van der Waals surface area contributed by atoms with Gasteiger partial charge < -0.3 is 5.11 Å². The largest absolute Gasteiger partial charge is 0.386 e. The summed E-state index contributed by atoms with van der Waals surface area (Å²) in [7, 11) is 0. The highest BCUT2D eigenvalue weighted by atomic mass is 16.3. The fourth-order valence-corrected chi connectivity index (χ4v) is 0.649. The third-order valence-electron chi connectivity index (χ3n) is 1.22. The van der Waals surface area contributed by atoms with Crippen LogP contribution in [0.1, 0.15) is 13.8 Å². The fraction of sp³-hybridized carbons (Fsp3) is 0.333. The summed E-state index contributed by atoms with van der Waals surface area (Å²) >= 11 is 0. The van der Waals surface area contributed by atoms with Gasteiger partial charge in [0.05, 0.1) is 5.60 Å². The van der Waals surface area contributed by atoms with Crippen LogP contribution in [0, 0.1) is 0 Å². The number of hydrogen-bond acceptors (Lipinski definition) is 1. The molecule has 1 heteroatoms. The monoisotopic (exact) mass is 138 g/mol. The number of aliphatic hydroxyl groups is 1. The van der Waals surface area contributed by atoms with Gasteiger partial charge in [-0.15, -0.1) is 0 Å². The molecule has 0 fully saturated rings. The van der Waals surface area contributed by atoms with Gasteiger partial charge in [0, 0.05) is 0 Å². The zero-order valence-corrected chi connectivity index (χ0v) is 6.59. The van der Waals surface area contributed by atoms with E-state index in [-0.39, 0.29) is 0 Å². The molecule has 0 aromatic heterocycles. The van der Waals surface area contributed by atoms with E-state index >= 15 is 0 Å². The first kappa shape index (κ1) is 9.18. The molecule has 56 valence electrons. The lowest BCUT2D eigenvalue weighted by Gasteiger charge is -2.17. The topological polar surface area (TPSA) is 20.2 Å². The summed E-state index contributed by atoms with van der Waals surface area (Å²) in [4.78, 5) is 0. The quantitative estimate of drug-likeness (QED) is 0.592. The van der Waals surface area contributed by atoms with Crippen molar-refractivity contribution in [1.82, 2.24) is 0 Å². The van der Waals surface area contributed by atoms with Crippen molar-refractivity contribution in [3.05, 3.63) is 37.0 Å². The van der Waals surface area contributed by atoms with Crippen molar-refractivity contribution in [2.24, 2.45) is 0 Å². The predicted octanol–water partition coefficient (Wildman–Crippen LogP) is 2.06. The van der Waals surface area contributed by atoms with Gasteiger partial charge in [-0.25, -0.2) is 0 Å². The molecular formula is C9H14O. The smallest absolute Gasteiger partial charge is 0.0840 e. The SMILES string of the molecule is C=CC=C(C=C)C(C)(C)O. The lowest BCUT2D eigenvalue weighted by atomic mass is 9.98. The van der Waals surface area contributed by atoms with Gasteiger partial charge in [-0.05, 0) is 19.4 Å². The molecule has 0 saturated carbocycles. The molecular weight excluding hydrogens is 124 g/mol. The molecule has 0 aromatic carbocycles. The summed E-state index contributed by atoms with van der Waals surface area (Å²) in [5.74, 6) is 0. The van der Waals surface area contributed by atoms with E-state index in [0.717, 1.165) is 5.57 Å². The molecule has 0 spiro atoms. The molecule has 1 nitrogen and oxygen atoms in total. The van der Waals surface area contributed by atoms with Crippen LogP contribution in [0.25, 0.3) is 0 Å². The third-order valence-corrected chi connectivity index (χ3v) is 1.22. The standard InChI is InChI=1S/C9H14O/c1-5-7-8(6-2)9(3,4)10/h5-7,10H,1-2H2,3-4H3. The molecule has 0 aromatic rings. The van der Waals surface area contributed by atoms with Crippen LogP contribution in [0.3, 0.4) is 0 Å². The Morgan fingerprint density at radius 2 is 1.90 bits per heavy atom. The van der Waals surface area contributed by atoms with Gasteiger partial charge in [0.2, 0.25) is 0 Å². The minimum atomic E-state index is -0.810. The number of allylic oxidation sites excluding steroid dienone is 2. The van der Waals surface area contributed by atoms with E-state index in [2.05, 4.69) is 13.2 Å². The molecule has 0 bridgehead atoms. The Hall–Kier alpha value is -0.820. The van der Waals surface area contributed by atoms with Gasteiger partial charge in [0.15, 0.2) is 0 Å². The second-order valence-electron chi connectivity index (χ2n) is 2.62. The Kier molecular flexibility index (Phi) is 3.10. The van der Waals surface area contributed by atoms with Crippen LogP contribution in [0.4, 0.5) is 0 Å². The Bertz CT molecular complexity index is 158. The summed E-state index contributed by atoms with van der Waals surface area (Å²) < 4.78 is 0. The molecule has 0 rings (SSSR count). The molecule has 0 aliphatic rings. The van der Waals surface area contributed by atoms with E-state index in [0.29, 0.717) is 0 Å². The second kappa shape index (κ2) is 3.37. The lowest BCUT2D eigenvalue weighted by Crippen LogP contribution is -2.20. The molecule has 0 aliphatic carbocycles. The Balaban J connectivity index is 4.51. The normalized spacial score (nSPS) is 12.9. The summed E-state index contributed by atoms with van der Waals surface area (Å²) in [5, 5.41) is 9.42. The Morgan fingerprint density at radius 1 is 1.40 bits per heavy atom. The third kappa shape index (κ3) is 2.65. The minimum Gasteiger partial charge on any atom is -0.386 e. The maximum Gasteiger partial charge on any atom is 0.0840 e. The number of hydrogen-bond donors (Lipinski definition) is 1. The number of rotatable bonds is 3. The average molecular weight is 138 g/mol. The van der Waals surface area contributed by atoms with Crippen molar-refractivity contribution in [3.8, 4) is 0 Å². The van der Waals surface area contributed by atoms with E-state index in [1.807, 2.05) is 0 Å². The maximum absolute atomic E-state index is 9.42. The van der Waals surface area contributed by atoms with Crippen molar-refractivity contribution >= 4 is 0 Å². The fourth-order valence-electron chi connectivity index (χ4n) is 0.649. The van der Waals surface area contributed by atoms with Crippen molar-refractivity contribution in [3.63, 3.8) is 0 Å². The zero-order valence-electron chi connectivity index (χ0n) is 6.59. The molecule has 1 N–H and O–H groups in total. The van der Waals surface area contributed by atoms with Crippen molar-refractivity contribution < 1.29 is 5.11 Å². The van der Waals surface area contributed by atoms with Gasteiger partial charge in [-0.2, -0.15) is 0 Å². The van der Waals surface area contributed by atoms with E-state index < -0.39 is 5.60 Å². The summed E-state index contributed by atoms with van der Waals surface area (Å²) in [6.45, 7) is 10.5. The molecule has 0 unspecified atom stereocenters. The van der Waals surface area contributed by atoms with Gasteiger partial charge >= 0.3 is 0 Å². The van der Waals surface area contributed by atoms with E-state index in [1.54, 1.807) is 32.1 Å². The van der Waals surface area contributed by atoms with Crippen LogP contribution in [0.2, 0.25) is 0 Å². The second-order valence-corrected chi connectivity index (χ2v) is 2.62. The van der Waals surface area contributed by atoms with E-state index in [1.165, 1.54) is 0 Å². The molecule has 0 atom stereocenters. The molecule has 0 heterocycles. The molecule has 0 aliphatic heterocycles. The van der Waals surface area contributed by atoms with Crippen LogP contribution in [-0.4, -0.2) is 10.7 Å². The maximum atomic E-state index is 9.42. The molecule has 10 heavy (non-hydrogen) atoms. The highest BCUT2D eigenvalue weighted by molar-refractivity contribution is 5.28. The first-order valence-corrected chi connectivity index (χ1v) is 3.20. The van der Waals surface area contributed by atoms with Crippen LogP contribution in [0.5, 0.6) is 0 Å². The highest BCUT2D eigenvalue weighted by Crippen LogP contribution is 2.15. The predicted molar refractivity (Wildman–Crippen MR) is 44.8 cm³/mol.